The number of hydrogen-bond donors (Lipinski definition) is 2. The number of unbranched alkanes of at least 4 members (excludes halogenated alkanes) is 2. The Kier molecular flexibility index (Phi) is 14.0. The van der Waals surface area contributed by atoms with E-state index in [4.69, 9.17) is 38.3 Å². The van der Waals surface area contributed by atoms with Crippen molar-refractivity contribution in [3.8, 4) is 11.5 Å². The second-order valence-electron chi connectivity index (χ2n) is 6.56. The molecular formula is C22H27N9O2. The molecule has 0 spiro atoms. The third kappa shape index (κ3) is 12.8. The first kappa shape index (κ1) is 26.7. The third-order valence-electron chi connectivity index (χ3n) is 4.10. The molecule has 0 aromatic heterocycles. The summed E-state index contributed by atoms with van der Waals surface area (Å²) < 4.78 is 10.9. The number of ether oxygens (including phenoxy) is 2. The highest BCUT2D eigenvalue weighted by molar-refractivity contribution is 5.94. The summed E-state index contributed by atoms with van der Waals surface area (Å²) in [6.45, 7) is 8.98. The van der Waals surface area contributed by atoms with Crippen LogP contribution >= 0.6 is 0 Å². The fraction of sp³-hybridized carbons (Fsp3) is 0.364. The van der Waals surface area contributed by atoms with Crippen molar-refractivity contribution < 1.29 is 9.47 Å². The number of hydrogen-bond acceptors (Lipinski definition) is 5. The second-order valence-corrected chi connectivity index (χ2v) is 6.56. The van der Waals surface area contributed by atoms with E-state index in [1.54, 1.807) is 48.5 Å². The van der Waals surface area contributed by atoms with E-state index < -0.39 is 0 Å². The van der Waals surface area contributed by atoms with Crippen molar-refractivity contribution in [2.75, 3.05) is 26.3 Å². The highest BCUT2D eigenvalue weighted by Gasteiger charge is 1.97. The Labute approximate surface area is 192 Å². The Balaban J connectivity index is 0.000000331. The molecule has 33 heavy (non-hydrogen) atoms. The lowest BCUT2D eigenvalue weighted by Crippen LogP contribution is -2.10. The number of rotatable bonds is 13. The highest BCUT2D eigenvalue weighted by atomic mass is 16.5. The van der Waals surface area contributed by atoms with E-state index in [0.29, 0.717) is 37.6 Å². The molecule has 0 saturated carbocycles. The molecular weight excluding hydrogens is 422 g/mol. The van der Waals surface area contributed by atoms with Crippen LogP contribution in [0.25, 0.3) is 25.7 Å². The van der Waals surface area contributed by atoms with E-state index >= 15 is 0 Å². The van der Waals surface area contributed by atoms with Crippen molar-refractivity contribution in [1.82, 2.24) is 0 Å². The van der Waals surface area contributed by atoms with Gasteiger partial charge in [-0.2, -0.15) is 0 Å². The van der Waals surface area contributed by atoms with Gasteiger partial charge in [-0.05, 0) is 73.1 Å². The first-order valence-corrected chi connectivity index (χ1v) is 10.3. The van der Waals surface area contributed by atoms with Gasteiger partial charge >= 0.3 is 0 Å². The molecule has 0 aliphatic heterocycles. The van der Waals surface area contributed by atoms with Crippen LogP contribution in [0.4, 0.5) is 5.69 Å². The standard InChI is InChI=1S/C11H15N5O.C11H12N4O/c12-11(13)9-3-5-10(6-4-9)17-8-2-1-7-15-16-14;1-13-10-4-6-11(7-5-10)16-9-3-2-8-14-15-12/h3-6H,1-2,7-8H2,(H3,12,13);4-7H,2-3,8-9H2. The minimum Gasteiger partial charge on any atom is -0.494 e. The van der Waals surface area contributed by atoms with Gasteiger partial charge in [0.15, 0.2) is 5.69 Å². The van der Waals surface area contributed by atoms with Crippen molar-refractivity contribution >= 4 is 11.5 Å². The molecule has 0 saturated heterocycles. The molecule has 0 unspecified atom stereocenters. The molecule has 0 radical (unpaired) electrons. The van der Waals surface area contributed by atoms with Gasteiger partial charge < -0.3 is 15.2 Å². The topological polar surface area (TPSA) is 170 Å². The van der Waals surface area contributed by atoms with Crippen molar-refractivity contribution in [3.63, 3.8) is 0 Å². The Hall–Kier alpha value is -4.38. The number of nitrogens with two attached hydrogens (primary N) is 1. The van der Waals surface area contributed by atoms with E-state index in [2.05, 4.69) is 24.9 Å². The second kappa shape index (κ2) is 17.3. The molecule has 3 N–H and O–H groups in total. The van der Waals surface area contributed by atoms with Gasteiger partial charge in [0, 0.05) is 28.5 Å². The molecule has 0 atom stereocenters. The predicted octanol–water partition coefficient (Wildman–Crippen LogP) is 6.15. The van der Waals surface area contributed by atoms with Crippen LogP contribution in [-0.2, 0) is 0 Å². The van der Waals surface area contributed by atoms with Crippen molar-refractivity contribution in [1.29, 1.82) is 5.41 Å². The summed E-state index contributed by atoms with van der Waals surface area (Å²) in [7, 11) is 0. The Morgan fingerprint density at radius 2 is 1.27 bits per heavy atom. The predicted molar refractivity (Wildman–Crippen MR) is 128 cm³/mol. The van der Waals surface area contributed by atoms with Gasteiger partial charge in [0.25, 0.3) is 0 Å². The molecule has 11 heteroatoms. The summed E-state index contributed by atoms with van der Waals surface area (Å²) in [5.41, 5.74) is 22.7. The zero-order valence-electron chi connectivity index (χ0n) is 18.3. The fourth-order valence-electron chi connectivity index (χ4n) is 2.39. The summed E-state index contributed by atoms with van der Waals surface area (Å²) in [6, 6.07) is 14.1. The maximum atomic E-state index is 8.07. The summed E-state index contributed by atoms with van der Waals surface area (Å²) in [5.74, 6) is 1.56. The molecule has 0 fully saturated rings. The summed E-state index contributed by atoms with van der Waals surface area (Å²) in [6.07, 6.45) is 3.33. The van der Waals surface area contributed by atoms with Gasteiger partial charge in [-0.15, -0.1) is 0 Å². The van der Waals surface area contributed by atoms with Crippen LogP contribution < -0.4 is 15.2 Å². The lowest BCUT2D eigenvalue weighted by Gasteiger charge is -2.06. The number of benzene rings is 2. The van der Waals surface area contributed by atoms with E-state index in [-0.39, 0.29) is 5.84 Å². The maximum Gasteiger partial charge on any atom is 0.187 e. The van der Waals surface area contributed by atoms with Crippen LogP contribution in [0.5, 0.6) is 11.5 Å². The first-order valence-electron chi connectivity index (χ1n) is 10.3. The monoisotopic (exact) mass is 449 g/mol. The van der Waals surface area contributed by atoms with Crippen molar-refractivity contribution in [2.45, 2.75) is 25.7 Å². The van der Waals surface area contributed by atoms with Gasteiger partial charge in [0.2, 0.25) is 0 Å². The molecule has 0 aliphatic rings. The average Bonchev–Trinajstić information content (AvgIpc) is 2.84. The zero-order chi connectivity index (χ0) is 24.2. The van der Waals surface area contributed by atoms with Gasteiger partial charge in [0.1, 0.15) is 17.3 Å². The van der Waals surface area contributed by atoms with E-state index in [1.807, 2.05) is 0 Å². The molecule has 2 aromatic rings. The lowest BCUT2D eigenvalue weighted by atomic mass is 10.2. The highest BCUT2D eigenvalue weighted by Crippen LogP contribution is 2.18. The minimum absolute atomic E-state index is 0.0471. The van der Waals surface area contributed by atoms with E-state index in [1.165, 1.54) is 0 Å². The minimum atomic E-state index is 0.0471. The van der Waals surface area contributed by atoms with Crippen molar-refractivity contribution in [3.05, 3.63) is 86.4 Å². The number of nitrogens with one attached hydrogen (secondary N) is 1. The van der Waals surface area contributed by atoms with E-state index in [9.17, 15) is 0 Å². The Bertz CT molecular complexity index is 972. The number of nitrogen functional groups attached to an aromatic ring is 1. The van der Waals surface area contributed by atoms with Crippen LogP contribution in [-0.4, -0.2) is 32.1 Å². The lowest BCUT2D eigenvalue weighted by molar-refractivity contribution is 0.307. The average molecular weight is 450 g/mol. The van der Waals surface area contributed by atoms with Crippen LogP contribution in [0.2, 0.25) is 0 Å². The van der Waals surface area contributed by atoms with Gasteiger partial charge in [0.05, 0.1) is 19.8 Å². The maximum absolute atomic E-state index is 8.07. The molecule has 0 bridgehead atoms. The van der Waals surface area contributed by atoms with Crippen LogP contribution in [0.1, 0.15) is 31.2 Å². The normalized spacial score (nSPS) is 9.18. The van der Waals surface area contributed by atoms with Crippen LogP contribution in [0.3, 0.4) is 0 Å². The molecule has 0 heterocycles. The molecule has 11 nitrogen and oxygen atoms in total. The SMILES string of the molecule is [C-]#[N+]c1ccc(OCCCCN=[N+]=[N-])cc1.[N-]=[N+]=NCCCCOc1ccc(C(=N)N)cc1. The fourth-order valence-corrected chi connectivity index (χ4v) is 2.39. The molecule has 2 rings (SSSR count). The van der Waals surface area contributed by atoms with Gasteiger partial charge in [-0.3, -0.25) is 5.41 Å². The van der Waals surface area contributed by atoms with E-state index in [0.717, 1.165) is 37.2 Å². The summed E-state index contributed by atoms with van der Waals surface area (Å²) in [4.78, 5) is 8.63. The van der Waals surface area contributed by atoms with Gasteiger partial charge in [-0.25, -0.2) is 4.85 Å². The number of amidine groups is 1. The molecule has 172 valence electrons. The summed E-state index contributed by atoms with van der Waals surface area (Å²) >= 11 is 0. The molecule has 2 aromatic carbocycles. The Morgan fingerprint density at radius 1 is 0.818 bits per heavy atom. The van der Waals surface area contributed by atoms with Crippen molar-refractivity contribution in [2.24, 2.45) is 16.0 Å². The Morgan fingerprint density at radius 3 is 1.67 bits per heavy atom. The first-order chi connectivity index (χ1) is 16.1. The smallest absolute Gasteiger partial charge is 0.187 e. The number of nitrogens with zero attached hydrogens (tertiary/aromatic N) is 7. The largest absolute Gasteiger partial charge is 0.494 e. The summed E-state index contributed by atoms with van der Waals surface area (Å²) in [5, 5.41) is 14.1. The van der Waals surface area contributed by atoms with Gasteiger partial charge in [-0.1, -0.05) is 22.4 Å². The van der Waals surface area contributed by atoms with Crippen LogP contribution in [0, 0.1) is 12.0 Å². The quantitative estimate of drug-likeness (QED) is 0.0712. The molecule has 0 amide bonds. The molecule has 0 aliphatic carbocycles. The van der Waals surface area contributed by atoms with Crippen LogP contribution in [0.15, 0.2) is 58.8 Å². The number of azide groups is 2. The zero-order valence-corrected chi connectivity index (χ0v) is 18.3. The third-order valence-corrected chi connectivity index (χ3v) is 4.10.